The number of nitrogens with zero attached hydrogens (tertiary/aromatic N) is 3. The van der Waals surface area contributed by atoms with Crippen LogP contribution in [-0.4, -0.2) is 14.8 Å². The number of rotatable bonds is 5. The zero-order valence-electron chi connectivity index (χ0n) is 14.5. The molecule has 1 aromatic heterocycles. The maximum atomic E-state index is 4.50. The van der Waals surface area contributed by atoms with Crippen molar-refractivity contribution in [1.29, 1.82) is 0 Å². The van der Waals surface area contributed by atoms with Crippen molar-refractivity contribution in [2.45, 2.75) is 17.8 Å². The Labute approximate surface area is 157 Å². The summed E-state index contributed by atoms with van der Waals surface area (Å²) in [5, 5.41) is 9.88. The van der Waals surface area contributed by atoms with Gasteiger partial charge in [-0.05, 0) is 24.6 Å². The highest BCUT2D eigenvalue weighted by Crippen LogP contribution is 2.29. The molecule has 3 nitrogen and oxygen atoms in total. The van der Waals surface area contributed by atoms with Crippen LogP contribution in [-0.2, 0) is 5.75 Å². The van der Waals surface area contributed by atoms with Gasteiger partial charge in [-0.3, -0.25) is 4.57 Å². The van der Waals surface area contributed by atoms with E-state index in [0.29, 0.717) is 0 Å². The van der Waals surface area contributed by atoms with Crippen molar-refractivity contribution in [3.8, 4) is 17.1 Å². The van der Waals surface area contributed by atoms with Crippen molar-refractivity contribution in [1.82, 2.24) is 14.8 Å². The van der Waals surface area contributed by atoms with Gasteiger partial charge in [0, 0.05) is 17.0 Å². The average Bonchev–Trinajstić information content (AvgIpc) is 3.12. The Kier molecular flexibility index (Phi) is 4.84. The topological polar surface area (TPSA) is 30.7 Å². The van der Waals surface area contributed by atoms with Crippen LogP contribution in [0, 0.1) is 6.92 Å². The number of hydrogen-bond acceptors (Lipinski definition) is 3. The third-order valence-corrected chi connectivity index (χ3v) is 5.17. The number of hydrogen-bond donors (Lipinski definition) is 0. The van der Waals surface area contributed by atoms with E-state index >= 15 is 0 Å². The quantitative estimate of drug-likeness (QED) is 0.440. The summed E-state index contributed by atoms with van der Waals surface area (Å²) < 4.78 is 2.14. The molecule has 1 heterocycles. The summed E-state index contributed by atoms with van der Waals surface area (Å²) in [5.74, 6) is 1.73. The molecule has 0 amide bonds. The van der Waals surface area contributed by atoms with Crippen LogP contribution in [0.5, 0.6) is 0 Å². The summed E-state index contributed by atoms with van der Waals surface area (Å²) in [6, 6.07) is 29.1. The van der Waals surface area contributed by atoms with E-state index in [1.807, 2.05) is 24.3 Å². The molecule has 128 valence electrons. The fourth-order valence-corrected chi connectivity index (χ4v) is 3.69. The van der Waals surface area contributed by atoms with Crippen LogP contribution in [0.4, 0.5) is 0 Å². The fourth-order valence-electron chi connectivity index (χ4n) is 2.78. The fraction of sp³-hybridized carbons (Fsp3) is 0.0909. The van der Waals surface area contributed by atoms with Gasteiger partial charge in [-0.25, -0.2) is 0 Å². The lowest BCUT2D eigenvalue weighted by Gasteiger charge is -2.10. The predicted octanol–water partition coefficient (Wildman–Crippen LogP) is 5.54. The molecule has 0 aliphatic carbocycles. The van der Waals surface area contributed by atoms with Crippen molar-refractivity contribution in [2.75, 3.05) is 0 Å². The highest BCUT2D eigenvalue weighted by Gasteiger charge is 2.16. The maximum absolute atomic E-state index is 4.50. The molecule has 0 bridgehead atoms. The maximum Gasteiger partial charge on any atom is 0.196 e. The standard InChI is InChI=1S/C22H19N3S/c1-17-12-14-19(15-13-17)21-23-24-22(25(21)20-10-6-3-7-11-20)26-16-18-8-4-2-5-9-18/h2-15H,16H2,1H3. The van der Waals surface area contributed by atoms with E-state index in [2.05, 4.69) is 82.4 Å². The van der Waals surface area contributed by atoms with Gasteiger partial charge in [-0.15, -0.1) is 10.2 Å². The summed E-state index contributed by atoms with van der Waals surface area (Å²) in [5.41, 5.74) is 4.65. The van der Waals surface area contributed by atoms with Crippen molar-refractivity contribution in [3.05, 3.63) is 96.1 Å². The molecule has 0 radical (unpaired) electrons. The van der Waals surface area contributed by atoms with E-state index in [-0.39, 0.29) is 0 Å². The van der Waals surface area contributed by atoms with Crippen LogP contribution in [0.25, 0.3) is 17.1 Å². The minimum atomic E-state index is 0.861. The number of thioether (sulfide) groups is 1. The van der Waals surface area contributed by atoms with Crippen molar-refractivity contribution >= 4 is 11.8 Å². The molecule has 0 unspecified atom stereocenters. The van der Waals surface area contributed by atoms with Crippen molar-refractivity contribution in [2.24, 2.45) is 0 Å². The number of aromatic nitrogens is 3. The van der Waals surface area contributed by atoms with E-state index in [9.17, 15) is 0 Å². The van der Waals surface area contributed by atoms with Gasteiger partial charge >= 0.3 is 0 Å². The number of benzene rings is 3. The molecule has 4 rings (SSSR count). The van der Waals surface area contributed by atoms with Gasteiger partial charge in [0.15, 0.2) is 11.0 Å². The minimum absolute atomic E-state index is 0.861. The molecule has 0 aliphatic heterocycles. The Morgan fingerprint density at radius 3 is 2.12 bits per heavy atom. The average molecular weight is 357 g/mol. The van der Waals surface area contributed by atoms with Crippen LogP contribution in [0.15, 0.2) is 90.1 Å². The monoisotopic (exact) mass is 357 g/mol. The molecule has 0 N–H and O–H groups in total. The molecular weight excluding hydrogens is 338 g/mol. The highest BCUT2D eigenvalue weighted by atomic mass is 32.2. The molecule has 0 saturated heterocycles. The second kappa shape index (κ2) is 7.58. The highest BCUT2D eigenvalue weighted by molar-refractivity contribution is 7.98. The van der Waals surface area contributed by atoms with Crippen LogP contribution in [0.1, 0.15) is 11.1 Å². The molecule has 4 aromatic rings. The summed E-state index contributed by atoms with van der Waals surface area (Å²) >= 11 is 1.70. The molecule has 0 saturated carbocycles. The normalized spacial score (nSPS) is 10.8. The van der Waals surface area contributed by atoms with Crippen LogP contribution >= 0.6 is 11.8 Å². The van der Waals surface area contributed by atoms with Gasteiger partial charge in [0.05, 0.1) is 0 Å². The molecule has 0 spiro atoms. The van der Waals surface area contributed by atoms with E-state index in [1.165, 1.54) is 11.1 Å². The molecule has 0 atom stereocenters. The molecule has 0 fully saturated rings. The van der Waals surface area contributed by atoms with E-state index in [0.717, 1.165) is 28.0 Å². The van der Waals surface area contributed by atoms with Gasteiger partial charge in [0.25, 0.3) is 0 Å². The first-order chi connectivity index (χ1) is 12.8. The lowest BCUT2D eigenvalue weighted by atomic mass is 10.1. The largest absolute Gasteiger partial charge is 0.270 e. The third-order valence-electron chi connectivity index (χ3n) is 4.17. The van der Waals surface area contributed by atoms with E-state index < -0.39 is 0 Å². The van der Waals surface area contributed by atoms with Crippen molar-refractivity contribution < 1.29 is 0 Å². The lowest BCUT2D eigenvalue weighted by molar-refractivity contribution is 0.886. The first-order valence-corrected chi connectivity index (χ1v) is 9.54. The van der Waals surface area contributed by atoms with Gasteiger partial charge < -0.3 is 0 Å². The third kappa shape index (κ3) is 3.55. The van der Waals surface area contributed by atoms with Gasteiger partial charge in [-0.1, -0.05) is 90.1 Å². The smallest absolute Gasteiger partial charge is 0.196 e. The van der Waals surface area contributed by atoms with Crippen LogP contribution in [0.3, 0.4) is 0 Å². The van der Waals surface area contributed by atoms with E-state index in [4.69, 9.17) is 0 Å². The molecule has 26 heavy (non-hydrogen) atoms. The summed E-state index contributed by atoms with van der Waals surface area (Å²) in [4.78, 5) is 0. The lowest BCUT2D eigenvalue weighted by Crippen LogP contribution is -1.99. The molecule has 4 heteroatoms. The molecule has 3 aromatic carbocycles. The SMILES string of the molecule is Cc1ccc(-c2nnc(SCc3ccccc3)n2-c2ccccc2)cc1. The van der Waals surface area contributed by atoms with Gasteiger partial charge in [0.1, 0.15) is 0 Å². The van der Waals surface area contributed by atoms with Crippen LogP contribution in [0.2, 0.25) is 0 Å². The zero-order valence-corrected chi connectivity index (χ0v) is 15.4. The van der Waals surface area contributed by atoms with Gasteiger partial charge in [0.2, 0.25) is 0 Å². The Balaban J connectivity index is 1.73. The molecular formula is C22H19N3S. The Morgan fingerprint density at radius 1 is 0.769 bits per heavy atom. The summed E-state index contributed by atoms with van der Waals surface area (Å²) in [6.45, 7) is 2.09. The number of aryl methyl sites for hydroxylation is 1. The minimum Gasteiger partial charge on any atom is -0.270 e. The van der Waals surface area contributed by atoms with Gasteiger partial charge in [-0.2, -0.15) is 0 Å². The Hall–Kier alpha value is -2.85. The second-order valence-electron chi connectivity index (χ2n) is 6.12. The first kappa shape index (κ1) is 16.6. The second-order valence-corrected chi connectivity index (χ2v) is 7.06. The predicted molar refractivity (Wildman–Crippen MR) is 108 cm³/mol. The first-order valence-electron chi connectivity index (χ1n) is 8.56. The summed E-state index contributed by atoms with van der Waals surface area (Å²) in [6.07, 6.45) is 0. The molecule has 0 aliphatic rings. The van der Waals surface area contributed by atoms with Crippen molar-refractivity contribution in [3.63, 3.8) is 0 Å². The summed E-state index contributed by atoms with van der Waals surface area (Å²) in [7, 11) is 0. The van der Waals surface area contributed by atoms with Crippen LogP contribution < -0.4 is 0 Å². The Morgan fingerprint density at radius 2 is 1.42 bits per heavy atom. The number of para-hydroxylation sites is 1. The Bertz CT molecular complexity index is 977. The van der Waals surface area contributed by atoms with E-state index in [1.54, 1.807) is 11.8 Å². The zero-order chi connectivity index (χ0) is 17.8.